The Morgan fingerprint density at radius 1 is 1.00 bits per heavy atom. The zero-order valence-corrected chi connectivity index (χ0v) is 18.7. The van der Waals surface area contributed by atoms with Gasteiger partial charge in [-0.1, -0.05) is 12.1 Å². The van der Waals surface area contributed by atoms with Crippen molar-refractivity contribution in [3.05, 3.63) is 53.1 Å². The Bertz CT molecular complexity index is 1010. The second-order valence-corrected chi connectivity index (χ2v) is 8.67. The fraction of sp³-hybridized carbons (Fsp3) is 0.400. The third-order valence-corrected chi connectivity index (χ3v) is 6.12. The number of carbonyl (C=O) groups is 3. The Morgan fingerprint density at radius 2 is 1.72 bits per heavy atom. The van der Waals surface area contributed by atoms with Gasteiger partial charge in [-0.3, -0.25) is 14.4 Å². The number of nitrogens with one attached hydrogen (secondary N) is 2. The summed E-state index contributed by atoms with van der Waals surface area (Å²) >= 11 is 0. The average molecular weight is 435 g/mol. The van der Waals surface area contributed by atoms with Crippen molar-refractivity contribution >= 4 is 34.8 Å². The Morgan fingerprint density at radius 3 is 2.44 bits per heavy atom. The van der Waals surface area contributed by atoms with E-state index in [0.29, 0.717) is 25.1 Å². The van der Waals surface area contributed by atoms with Crippen molar-refractivity contribution in [1.29, 1.82) is 0 Å². The van der Waals surface area contributed by atoms with Crippen LogP contribution in [0.15, 0.2) is 36.4 Å². The van der Waals surface area contributed by atoms with E-state index in [-0.39, 0.29) is 5.91 Å². The van der Waals surface area contributed by atoms with Gasteiger partial charge in [0.15, 0.2) is 0 Å². The van der Waals surface area contributed by atoms with E-state index >= 15 is 0 Å². The van der Waals surface area contributed by atoms with Crippen LogP contribution in [-0.4, -0.2) is 44.9 Å². The SMILES string of the molecule is CN(C)c1ccc(CCCNC(=O)C(=O)Nc2cc3c4c(c2)CCC(=O)N4CCC3)cc1. The van der Waals surface area contributed by atoms with Gasteiger partial charge in [0.25, 0.3) is 0 Å². The Labute approximate surface area is 188 Å². The van der Waals surface area contributed by atoms with Gasteiger partial charge in [0.1, 0.15) is 0 Å². The highest BCUT2D eigenvalue weighted by Gasteiger charge is 2.30. The summed E-state index contributed by atoms with van der Waals surface area (Å²) in [5.74, 6) is -1.12. The first-order valence-electron chi connectivity index (χ1n) is 11.2. The molecule has 7 nitrogen and oxygen atoms in total. The van der Waals surface area contributed by atoms with E-state index in [4.69, 9.17) is 0 Å². The second-order valence-electron chi connectivity index (χ2n) is 8.67. The molecule has 2 N–H and O–H groups in total. The molecule has 168 valence electrons. The van der Waals surface area contributed by atoms with Crippen LogP contribution in [0.25, 0.3) is 0 Å². The van der Waals surface area contributed by atoms with E-state index in [2.05, 4.69) is 39.8 Å². The Hall–Kier alpha value is -3.35. The lowest BCUT2D eigenvalue weighted by Gasteiger charge is -2.35. The molecule has 0 radical (unpaired) electrons. The van der Waals surface area contributed by atoms with E-state index in [1.165, 1.54) is 5.56 Å². The minimum Gasteiger partial charge on any atom is -0.378 e. The van der Waals surface area contributed by atoms with E-state index < -0.39 is 11.8 Å². The van der Waals surface area contributed by atoms with E-state index in [0.717, 1.165) is 54.7 Å². The van der Waals surface area contributed by atoms with Crippen LogP contribution in [-0.2, 0) is 33.6 Å². The third-order valence-electron chi connectivity index (χ3n) is 6.12. The molecule has 0 atom stereocenters. The Balaban J connectivity index is 1.29. The lowest BCUT2D eigenvalue weighted by atomic mass is 9.91. The molecule has 2 aliphatic heterocycles. The lowest BCUT2D eigenvalue weighted by Crippen LogP contribution is -2.39. The highest BCUT2D eigenvalue weighted by molar-refractivity contribution is 6.39. The van der Waals surface area contributed by atoms with Crippen LogP contribution in [0, 0.1) is 0 Å². The summed E-state index contributed by atoms with van der Waals surface area (Å²) in [5, 5.41) is 5.44. The monoisotopic (exact) mass is 434 g/mol. The van der Waals surface area contributed by atoms with Crippen LogP contribution in [0.5, 0.6) is 0 Å². The number of anilines is 3. The van der Waals surface area contributed by atoms with Crippen LogP contribution in [0.1, 0.15) is 36.0 Å². The molecule has 0 spiro atoms. The molecule has 3 amide bonds. The zero-order chi connectivity index (χ0) is 22.7. The largest absolute Gasteiger partial charge is 0.378 e. The molecule has 2 aromatic rings. The minimum atomic E-state index is -0.660. The Kier molecular flexibility index (Phi) is 6.44. The summed E-state index contributed by atoms with van der Waals surface area (Å²) in [4.78, 5) is 40.7. The van der Waals surface area contributed by atoms with Gasteiger partial charge in [-0.15, -0.1) is 0 Å². The first-order chi connectivity index (χ1) is 15.4. The number of carbonyl (C=O) groups excluding carboxylic acids is 3. The van der Waals surface area contributed by atoms with Gasteiger partial charge in [0.05, 0.1) is 5.69 Å². The molecule has 2 heterocycles. The summed E-state index contributed by atoms with van der Waals surface area (Å²) in [5.41, 5.74) is 6.11. The molecule has 32 heavy (non-hydrogen) atoms. The molecule has 0 aromatic heterocycles. The fourth-order valence-corrected chi connectivity index (χ4v) is 4.45. The van der Waals surface area contributed by atoms with Crippen LogP contribution in [0.4, 0.5) is 17.1 Å². The summed E-state index contributed by atoms with van der Waals surface area (Å²) in [7, 11) is 4.01. The number of hydrogen-bond donors (Lipinski definition) is 2. The first-order valence-corrected chi connectivity index (χ1v) is 11.2. The predicted octanol–water partition coefficient (Wildman–Crippen LogP) is 2.67. The fourth-order valence-electron chi connectivity index (χ4n) is 4.45. The van der Waals surface area contributed by atoms with Gasteiger partial charge < -0.3 is 20.4 Å². The van der Waals surface area contributed by atoms with Crippen LogP contribution in [0.3, 0.4) is 0 Å². The second kappa shape index (κ2) is 9.42. The molecule has 2 aliphatic rings. The van der Waals surface area contributed by atoms with Gasteiger partial charge in [-0.05, 0) is 73.1 Å². The molecule has 0 fully saturated rings. The molecule has 0 bridgehead atoms. The summed E-state index contributed by atoms with van der Waals surface area (Å²) in [6, 6.07) is 12.1. The van der Waals surface area contributed by atoms with E-state index in [1.807, 2.05) is 31.1 Å². The maximum Gasteiger partial charge on any atom is 0.313 e. The quantitative estimate of drug-likeness (QED) is 0.541. The summed E-state index contributed by atoms with van der Waals surface area (Å²) in [6.45, 7) is 1.20. The number of amides is 3. The number of hydrogen-bond acceptors (Lipinski definition) is 4. The minimum absolute atomic E-state index is 0.170. The van der Waals surface area contributed by atoms with Crippen molar-refractivity contribution < 1.29 is 14.4 Å². The van der Waals surface area contributed by atoms with Crippen molar-refractivity contribution in [3.8, 4) is 0 Å². The van der Waals surface area contributed by atoms with Gasteiger partial charge >= 0.3 is 11.8 Å². The van der Waals surface area contributed by atoms with Crippen molar-refractivity contribution in [2.75, 3.05) is 42.3 Å². The lowest BCUT2D eigenvalue weighted by molar-refractivity contribution is -0.136. The van der Waals surface area contributed by atoms with Crippen molar-refractivity contribution in [1.82, 2.24) is 5.32 Å². The van der Waals surface area contributed by atoms with Crippen molar-refractivity contribution in [2.45, 2.75) is 38.5 Å². The molecular formula is C25H30N4O3. The highest BCUT2D eigenvalue weighted by Crippen LogP contribution is 2.37. The smallest absolute Gasteiger partial charge is 0.313 e. The maximum absolute atomic E-state index is 12.4. The third kappa shape index (κ3) is 4.77. The van der Waals surface area contributed by atoms with Crippen LogP contribution in [0.2, 0.25) is 0 Å². The van der Waals surface area contributed by atoms with Crippen molar-refractivity contribution in [2.24, 2.45) is 0 Å². The van der Waals surface area contributed by atoms with Gasteiger partial charge in [-0.2, -0.15) is 0 Å². The van der Waals surface area contributed by atoms with E-state index in [1.54, 1.807) is 0 Å². The van der Waals surface area contributed by atoms with Crippen molar-refractivity contribution in [3.63, 3.8) is 0 Å². The van der Waals surface area contributed by atoms with Crippen LogP contribution >= 0.6 is 0 Å². The topological polar surface area (TPSA) is 81.8 Å². The highest BCUT2D eigenvalue weighted by atomic mass is 16.2. The average Bonchev–Trinajstić information content (AvgIpc) is 2.79. The molecule has 0 aliphatic carbocycles. The van der Waals surface area contributed by atoms with Gasteiger partial charge in [-0.25, -0.2) is 0 Å². The van der Waals surface area contributed by atoms with E-state index in [9.17, 15) is 14.4 Å². The first kappa shape index (κ1) is 21.9. The molecule has 7 heteroatoms. The standard InChI is InChI=1S/C25H30N4O3/c1-28(2)21-10-7-17(8-11-21)5-3-13-26-24(31)25(32)27-20-15-18-6-4-14-29-22(30)12-9-19(16-20)23(18)29/h7-8,10-11,15-16H,3-6,9,12-14H2,1-2H3,(H,26,31)(H,27,32). The molecule has 4 rings (SSSR count). The number of nitrogens with zero attached hydrogens (tertiary/aromatic N) is 2. The number of rotatable bonds is 6. The molecule has 2 aromatic carbocycles. The molecule has 0 saturated carbocycles. The number of aryl methyl sites for hydroxylation is 3. The molecule has 0 saturated heterocycles. The summed E-state index contributed by atoms with van der Waals surface area (Å²) in [6.07, 6.45) is 4.53. The van der Waals surface area contributed by atoms with Crippen LogP contribution < -0.4 is 20.4 Å². The normalized spacial score (nSPS) is 14.6. The van der Waals surface area contributed by atoms with Gasteiger partial charge in [0.2, 0.25) is 5.91 Å². The zero-order valence-electron chi connectivity index (χ0n) is 18.7. The maximum atomic E-state index is 12.4. The predicted molar refractivity (Wildman–Crippen MR) is 126 cm³/mol. The molecule has 0 unspecified atom stereocenters. The molecular weight excluding hydrogens is 404 g/mol. The summed E-state index contributed by atoms with van der Waals surface area (Å²) < 4.78 is 0. The number of benzene rings is 2. The van der Waals surface area contributed by atoms with Gasteiger partial charge in [0, 0.05) is 45.0 Å².